The van der Waals surface area contributed by atoms with E-state index in [0.29, 0.717) is 0 Å². The second-order valence-corrected chi connectivity index (χ2v) is 4.06. The molecular formula is C12H12N4O. The van der Waals surface area contributed by atoms with Gasteiger partial charge in [-0.25, -0.2) is 0 Å². The smallest absolute Gasteiger partial charge is 0.251 e. The fourth-order valence-electron chi connectivity index (χ4n) is 2.01. The molecule has 1 atom stereocenters. The van der Waals surface area contributed by atoms with Gasteiger partial charge in [0.15, 0.2) is 0 Å². The molecule has 0 aliphatic carbocycles. The summed E-state index contributed by atoms with van der Waals surface area (Å²) in [6.45, 7) is 0. The molecule has 0 radical (unpaired) electrons. The number of hydrogen-bond donors (Lipinski definition) is 2. The molecule has 1 aliphatic heterocycles. The number of nitrogens with one attached hydrogen (secondary N) is 2. The Bertz CT molecular complexity index is 575. The number of benzene rings is 1. The highest BCUT2D eigenvalue weighted by molar-refractivity contribution is 6.04. The van der Waals surface area contributed by atoms with E-state index in [1.165, 1.54) is 0 Å². The van der Waals surface area contributed by atoms with E-state index in [0.717, 1.165) is 16.9 Å². The summed E-state index contributed by atoms with van der Waals surface area (Å²) in [5.41, 5.74) is 2.68. The molecule has 2 N–H and O–H groups in total. The Kier molecular flexibility index (Phi) is 2.11. The molecule has 1 amide bonds. The number of para-hydroxylation sites is 1. The topological polar surface area (TPSA) is 59.0 Å². The van der Waals surface area contributed by atoms with Gasteiger partial charge < -0.3 is 10.6 Å². The first-order valence-corrected chi connectivity index (χ1v) is 5.39. The number of nitrogens with zero attached hydrogens (tertiary/aromatic N) is 2. The fourth-order valence-corrected chi connectivity index (χ4v) is 2.01. The standard InChI is InChI=1S/C12H12N4O/c1-16-7-8(6-13-16)14-11-9-4-2-3-5-10(9)15-12(11)17/h2-7,11,14H,1H3,(H,15,17). The van der Waals surface area contributed by atoms with Crippen LogP contribution in [0.5, 0.6) is 0 Å². The van der Waals surface area contributed by atoms with Crippen molar-refractivity contribution in [3.8, 4) is 0 Å². The molecule has 17 heavy (non-hydrogen) atoms. The van der Waals surface area contributed by atoms with E-state index in [9.17, 15) is 4.79 Å². The minimum atomic E-state index is -0.338. The zero-order valence-electron chi connectivity index (χ0n) is 9.34. The number of anilines is 2. The summed E-state index contributed by atoms with van der Waals surface area (Å²) >= 11 is 0. The number of carbonyl (C=O) groups excluding carboxylic acids is 1. The summed E-state index contributed by atoms with van der Waals surface area (Å²) in [6.07, 6.45) is 3.54. The molecule has 1 aliphatic rings. The average molecular weight is 228 g/mol. The lowest BCUT2D eigenvalue weighted by Gasteiger charge is -2.10. The molecule has 1 aromatic heterocycles. The number of fused-ring (bicyclic) bond motifs is 1. The monoisotopic (exact) mass is 228 g/mol. The van der Waals surface area contributed by atoms with Gasteiger partial charge >= 0.3 is 0 Å². The van der Waals surface area contributed by atoms with Crippen molar-refractivity contribution in [2.75, 3.05) is 10.6 Å². The molecule has 5 heteroatoms. The van der Waals surface area contributed by atoms with Crippen molar-refractivity contribution in [3.05, 3.63) is 42.2 Å². The maximum Gasteiger partial charge on any atom is 0.251 e. The van der Waals surface area contributed by atoms with Crippen LogP contribution in [0.4, 0.5) is 11.4 Å². The van der Waals surface area contributed by atoms with Gasteiger partial charge in [-0.3, -0.25) is 9.48 Å². The summed E-state index contributed by atoms with van der Waals surface area (Å²) in [6, 6.07) is 7.34. The molecule has 1 aromatic carbocycles. The summed E-state index contributed by atoms with van der Waals surface area (Å²) in [7, 11) is 1.84. The number of carbonyl (C=O) groups is 1. The molecule has 0 bridgehead atoms. The highest BCUT2D eigenvalue weighted by Crippen LogP contribution is 2.32. The van der Waals surface area contributed by atoms with Gasteiger partial charge in [0, 0.05) is 24.5 Å². The third-order valence-electron chi connectivity index (χ3n) is 2.81. The molecule has 3 rings (SSSR count). The molecule has 0 spiro atoms. The third-order valence-corrected chi connectivity index (χ3v) is 2.81. The maximum atomic E-state index is 11.8. The first kappa shape index (κ1) is 9.89. The van der Waals surface area contributed by atoms with E-state index in [-0.39, 0.29) is 11.9 Å². The quantitative estimate of drug-likeness (QED) is 0.819. The van der Waals surface area contributed by atoms with Gasteiger partial charge in [-0.2, -0.15) is 5.10 Å². The Hall–Kier alpha value is -2.30. The van der Waals surface area contributed by atoms with E-state index in [2.05, 4.69) is 15.7 Å². The van der Waals surface area contributed by atoms with E-state index in [4.69, 9.17) is 0 Å². The minimum Gasteiger partial charge on any atom is -0.367 e. The van der Waals surface area contributed by atoms with E-state index >= 15 is 0 Å². The van der Waals surface area contributed by atoms with Crippen molar-refractivity contribution in [2.24, 2.45) is 7.05 Å². The second-order valence-electron chi connectivity index (χ2n) is 4.06. The number of rotatable bonds is 2. The summed E-state index contributed by atoms with van der Waals surface area (Å²) < 4.78 is 1.70. The molecule has 2 aromatic rings. The summed E-state index contributed by atoms with van der Waals surface area (Å²) in [4.78, 5) is 11.8. The van der Waals surface area contributed by atoms with Crippen LogP contribution in [0.25, 0.3) is 0 Å². The van der Waals surface area contributed by atoms with Crippen molar-refractivity contribution >= 4 is 17.3 Å². The second kappa shape index (κ2) is 3.62. The van der Waals surface area contributed by atoms with Crippen LogP contribution in [0, 0.1) is 0 Å². The van der Waals surface area contributed by atoms with Gasteiger partial charge in [0.05, 0.1) is 11.9 Å². The predicted molar refractivity (Wildman–Crippen MR) is 64.6 cm³/mol. The van der Waals surface area contributed by atoms with Crippen LogP contribution >= 0.6 is 0 Å². The van der Waals surface area contributed by atoms with E-state index in [1.54, 1.807) is 10.9 Å². The van der Waals surface area contributed by atoms with E-state index < -0.39 is 0 Å². The Balaban J connectivity index is 1.91. The number of aryl methyl sites for hydroxylation is 1. The van der Waals surface area contributed by atoms with Crippen LogP contribution in [-0.4, -0.2) is 15.7 Å². The molecular weight excluding hydrogens is 216 g/mol. The number of amides is 1. The Labute approximate surface area is 98.4 Å². The SMILES string of the molecule is Cn1cc(NC2C(=O)Nc3ccccc32)cn1. The maximum absolute atomic E-state index is 11.8. The van der Waals surface area contributed by atoms with Crippen LogP contribution in [-0.2, 0) is 11.8 Å². The van der Waals surface area contributed by atoms with Crippen molar-refractivity contribution in [1.29, 1.82) is 0 Å². The van der Waals surface area contributed by atoms with Gasteiger partial charge in [-0.05, 0) is 6.07 Å². The average Bonchev–Trinajstić information content (AvgIpc) is 2.85. The van der Waals surface area contributed by atoms with Gasteiger partial charge in [0.25, 0.3) is 5.91 Å². The first-order valence-electron chi connectivity index (χ1n) is 5.39. The lowest BCUT2D eigenvalue weighted by Crippen LogP contribution is -2.19. The van der Waals surface area contributed by atoms with Gasteiger partial charge in [0.1, 0.15) is 6.04 Å². The van der Waals surface area contributed by atoms with Crippen LogP contribution in [0.15, 0.2) is 36.7 Å². The molecule has 2 heterocycles. The van der Waals surface area contributed by atoms with Crippen molar-refractivity contribution in [2.45, 2.75) is 6.04 Å². The molecule has 5 nitrogen and oxygen atoms in total. The number of hydrogen-bond acceptors (Lipinski definition) is 3. The van der Waals surface area contributed by atoms with Crippen LogP contribution < -0.4 is 10.6 Å². The van der Waals surface area contributed by atoms with Crippen molar-refractivity contribution in [3.63, 3.8) is 0 Å². The molecule has 86 valence electrons. The van der Waals surface area contributed by atoms with Crippen LogP contribution in [0.3, 0.4) is 0 Å². The van der Waals surface area contributed by atoms with Crippen LogP contribution in [0.1, 0.15) is 11.6 Å². The van der Waals surface area contributed by atoms with Crippen molar-refractivity contribution < 1.29 is 4.79 Å². The zero-order valence-corrected chi connectivity index (χ0v) is 9.34. The fraction of sp³-hybridized carbons (Fsp3) is 0.167. The normalized spacial score (nSPS) is 17.7. The highest BCUT2D eigenvalue weighted by Gasteiger charge is 2.30. The number of aromatic nitrogens is 2. The summed E-state index contributed by atoms with van der Waals surface area (Å²) in [5, 5.41) is 10.1. The lowest BCUT2D eigenvalue weighted by atomic mass is 10.1. The molecule has 0 saturated carbocycles. The van der Waals surface area contributed by atoms with Gasteiger partial charge in [0.2, 0.25) is 0 Å². The van der Waals surface area contributed by atoms with Gasteiger partial charge in [-0.15, -0.1) is 0 Å². The minimum absolute atomic E-state index is 0.0324. The molecule has 0 fully saturated rings. The Morgan fingerprint density at radius 1 is 1.41 bits per heavy atom. The van der Waals surface area contributed by atoms with Crippen molar-refractivity contribution in [1.82, 2.24) is 9.78 Å². The van der Waals surface area contributed by atoms with Crippen LogP contribution in [0.2, 0.25) is 0 Å². The first-order chi connectivity index (χ1) is 8.24. The lowest BCUT2D eigenvalue weighted by molar-refractivity contribution is -0.116. The Morgan fingerprint density at radius 2 is 2.24 bits per heavy atom. The largest absolute Gasteiger partial charge is 0.367 e. The zero-order chi connectivity index (χ0) is 11.8. The molecule has 1 unspecified atom stereocenters. The predicted octanol–water partition coefficient (Wildman–Crippen LogP) is 1.53. The Morgan fingerprint density at radius 3 is 3.00 bits per heavy atom. The van der Waals surface area contributed by atoms with Gasteiger partial charge in [-0.1, -0.05) is 18.2 Å². The third kappa shape index (κ3) is 1.65. The summed E-state index contributed by atoms with van der Waals surface area (Å²) in [5.74, 6) is -0.0324. The van der Waals surface area contributed by atoms with E-state index in [1.807, 2.05) is 37.5 Å². The molecule has 0 saturated heterocycles. The highest BCUT2D eigenvalue weighted by atomic mass is 16.2.